The third-order valence-electron chi connectivity index (χ3n) is 3.70. The van der Waals surface area contributed by atoms with Gasteiger partial charge in [0.1, 0.15) is 0 Å². The Morgan fingerprint density at radius 2 is 2.06 bits per heavy atom. The summed E-state index contributed by atoms with van der Waals surface area (Å²) in [5.41, 5.74) is 0.0386. The van der Waals surface area contributed by atoms with Crippen LogP contribution in [-0.2, 0) is 0 Å². The first kappa shape index (κ1) is 13.5. The highest BCUT2D eigenvalue weighted by atomic mass is 16.3. The Kier molecular flexibility index (Phi) is 3.97. The van der Waals surface area contributed by atoms with Crippen LogP contribution >= 0.6 is 0 Å². The molecule has 0 aromatic carbocycles. The summed E-state index contributed by atoms with van der Waals surface area (Å²) in [6, 6.07) is 0. The minimum absolute atomic E-state index is 0.00421. The molecular weight excluding hydrogens is 200 g/mol. The molecule has 0 bridgehead atoms. The fourth-order valence-corrected chi connectivity index (χ4v) is 2.77. The molecule has 0 radical (unpaired) electrons. The molecule has 1 aliphatic rings. The van der Waals surface area contributed by atoms with Crippen molar-refractivity contribution in [3.8, 4) is 0 Å². The third kappa shape index (κ3) is 2.74. The molecule has 2 N–H and O–H groups in total. The molecule has 1 saturated carbocycles. The van der Waals surface area contributed by atoms with Crippen LogP contribution in [0.1, 0.15) is 40.0 Å². The lowest BCUT2D eigenvalue weighted by molar-refractivity contribution is -0.110. The van der Waals surface area contributed by atoms with E-state index in [4.69, 9.17) is 0 Å². The molecule has 16 heavy (non-hydrogen) atoms. The Morgan fingerprint density at radius 3 is 2.56 bits per heavy atom. The van der Waals surface area contributed by atoms with Gasteiger partial charge in [-0.25, -0.2) is 0 Å². The van der Waals surface area contributed by atoms with Crippen molar-refractivity contribution in [3.63, 3.8) is 0 Å². The molecule has 2 atom stereocenters. The Hall–Kier alpha value is -0.600. The summed E-state index contributed by atoms with van der Waals surface area (Å²) in [6.45, 7) is 9.91. The van der Waals surface area contributed by atoms with Gasteiger partial charge in [-0.2, -0.15) is 0 Å². The van der Waals surface area contributed by atoms with Crippen molar-refractivity contribution >= 4 is 0 Å². The van der Waals surface area contributed by atoms with Crippen LogP contribution in [0.2, 0.25) is 0 Å². The average molecular weight is 224 g/mol. The predicted octanol–water partition coefficient (Wildman–Crippen LogP) is 2.67. The fraction of sp³-hybridized carbons (Fsp3) is 0.714. The molecule has 1 fully saturated rings. The highest BCUT2D eigenvalue weighted by Gasteiger charge is 2.46. The van der Waals surface area contributed by atoms with Gasteiger partial charge in [0.05, 0.1) is 12.2 Å². The van der Waals surface area contributed by atoms with Gasteiger partial charge < -0.3 is 10.2 Å². The van der Waals surface area contributed by atoms with Gasteiger partial charge in [-0.05, 0) is 31.6 Å². The molecule has 0 spiro atoms. The predicted molar refractivity (Wildman–Crippen MR) is 67.1 cm³/mol. The maximum Gasteiger partial charge on any atom is 0.0944 e. The van der Waals surface area contributed by atoms with Gasteiger partial charge >= 0.3 is 0 Å². The Balaban J connectivity index is 2.98. The summed E-state index contributed by atoms with van der Waals surface area (Å²) in [5.74, 6) is -0.00421. The molecular formula is C14H24O2. The van der Waals surface area contributed by atoms with Crippen LogP contribution in [0.4, 0.5) is 0 Å². The number of hydrogen-bond donors (Lipinski definition) is 2. The maximum atomic E-state index is 10.5. The number of allylic oxidation sites excluding steroid dienone is 2. The third-order valence-corrected chi connectivity index (χ3v) is 3.70. The van der Waals surface area contributed by atoms with Crippen LogP contribution in [-0.4, -0.2) is 22.4 Å². The zero-order valence-electron chi connectivity index (χ0n) is 10.7. The molecule has 0 heterocycles. The van der Waals surface area contributed by atoms with E-state index in [1.807, 2.05) is 19.1 Å². The second-order valence-electron chi connectivity index (χ2n) is 5.79. The normalized spacial score (nSPS) is 34.2. The SMILES string of the molecule is C=C(C)/C=C/C1C(C)(C)CCCC1(O)CO. The van der Waals surface area contributed by atoms with Gasteiger partial charge in [-0.15, -0.1) is 0 Å². The van der Waals surface area contributed by atoms with E-state index < -0.39 is 5.60 Å². The minimum atomic E-state index is -0.965. The van der Waals surface area contributed by atoms with E-state index in [0.717, 1.165) is 18.4 Å². The summed E-state index contributed by atoms with van der Waals surface area (Å²) < 4.78 is 0. The number of aliphatic hydroxyl groups is 2. The van der Waals surface area contributed by atoms with E-state index in [0.29, 0.717) is 6.42 Å². The summed E-state index contributed by atoms with van der Waals surface area (Å²) in [6.07, 6.45) is 6.69. The summed E-state index contributed by atoms with van der Waals surface area (Å²) in [5, 5.41) is 19.9. The molecule has 0 amide bonds. The van der Waals surface area contributed by atoms with Crippen molar-refractivity contribution in [1.29, 1.82) is 0 Å². The zero-order chi connectivity index (χ0) is 12.4. The first-order valence-corrected chi connectivity index (χ1v) is 5.99. The van der Waals surface area contributed by atoms with Gasteiger partial charge in [0.15, 0.2) is 0 Å². The number of hydrogen-bond acceptors (Lipinski definition) is 2. The first-order chi connectivity index (χ1) is 7.32. The monoisotopic (exact) mass is 224 g/mol. The molecule has 0 aliphatic heterocycles. The quantitative estimate of drug-likeness (QED) is 0.724. The Morgan fingerprint density at radius 1 is 1.44 bits per heavy atom. The second-order valence-corrected chi connectivity index (χ2v) is 5.79. The van der Waals surface area contributed by atoms with E-state index in [2.05, 4.69) is 20.4 Å². The smallest absolute Gasteiger partial charge is 0.0944 e. The van der Waals surface area contributed by atoms with Crippen LogP contribution in [0.3, 0.4) is 0 Å². The Bertz CT molecular complexity index is 291. The average Bonchev–Trinajstić information content (AvgIpc) is 2.15. The summed E-state index contributed by atoms with van der Waals surface area (Å²) in [4.78, 5) is 0. The van der Waals surface area contributed by atoms with Crippen LogP contribution in [0.5, 0.6) is 0 Å². The largest absolute Gasteiger partial charge is 0.393 e. The Labute approximate surface area is 98.7 Å². The lowest BCUT2D eigenvalue weighted by atomic mass is 9.61. The van der Waals surface area contributed by atoms with Crippen molar-refractivity contribution in [1.82, 2.24) is 0 Å². The van der Waals surface area contributed by atoms with E-state index in [9.17, 15) is 10.2 Å². The highest BCUT2D eigenvalue weighted by Crippen LogP contribution is 2.46. The van der Waals surface area contributed by atoms with E-state index >= 15 is 0 Å². The number of rotatable bonds is 3. The van der Waals surface area contributed by atoms with Crippen LogP contribution < -0.4 is 0 Å². The summed E-state index contributed by atoms with van der Waals surface area (Å²) >= 11 is 0. The standard InChI is InChI=1S/C14H24O2/c1-11(2)6-7-12-13(3,4)8-5-9-14(12,16)10-15/h6-7,12,15-16H,1,5,8-10H2,2-4H3/b7-6+. The molecule has 2 heteroatoms. The fourth-order valence-electron chi connectivity index (χ4n) is 2.77. The van der Waals surface area contributed by atoms with Crippen LogP contribution in [0.25, 0.3) is 0 Å². The van der Waals surface area contributed by atoms with Crippen molar-refractivity contribution in [3.05, 3.63) is 24.3 Å². The lowest BCUT2D eigenvalue weighted by Gasteiger charge is -2.47. The molecule has 2 unspecified atom stereocenters. The van der Waals surface area contributed by atoms with Crippen molar-refractivity contribution < 1.29 is 10.2 Å². The first-order valence-electron chi connectivity index (χ1n) is 5.99. The molecule has 0 saturated heterocycles. The second kappa shape index (κ2) is 4.72. The van der Waals surface area contributed by atoms with Crippen LogP contribution in [0.15, 0.2) is 24.3 Å². The summed E-state index contributed by atoms with van der Waals surface area (Å²) in [7, 11) is 0. The van der Waals surface area contributed by atoms with E-state index in [1.165, 1.54) is 0 Å². The molecule has 0 aromatic rings. The van der Waals surface area contributed by atoms with Crippen molar-refractivity contribution in [2.75, 3.05) is 6.61 Å². The van der Waals surface area contributed by atoms with Gasteiger partial charge in [0.25, 0.3) is 0 Å². The zero-order valence-corrected chi connectivity index (χ0v) is 10.7. The van der Waals surface area contributed by atoms with E-state index in [1.54, 1.807) is 0 Å². The van der Waals surface area contributed by atoms with E-state index in [-0.39, 0.29) is 17.9 Å². The minimum Gasteiger partial charge on any atom is -0.393 e. The maximum absolute atomic E-state index is 10.5. The molecule has 2 nitrogen and oxygen atoms in total. The highest BCUT2D eigenvalue weighted by molar-refractivity contribution is 5.17. The van der Waals surface area contributed by atoms with Gasteiger partial charge in [0, 0.05) is 5.92 Å². The van der Waals surface area contributed by atoms with Gasteiger partial charge in [0.2, 0.25) is 0 Å². The van der Waals surface area contributed by atoms with Crippen LogP contribution in [0, 0.1) is 11.3 Å². The molecule has 0 aromatic heterocycles. The molecule has 92 valence electrons. The van der Waals surface area contributed by atoms with Gasteiger partial charge in [-0.1, -0.05) is 38.2 Å². The van der Waals surface area contributed by atoms with Gasteiger partial charge in [-0.3, -0.25) is 0 Å². The lowest BCUT2D eigenvalue weighted by Crippen LogP contribution is -2.50. The topological polar surface area (TPSA) is 40.5 Å². The van der Waals surface area contributed by atoms with Crippen molar-refractivity contribution in [2.24, 2.45) is 11.3 Å². The molecule has 1 aliphatic carbocycles. The molecule has 1 rings (SSSR count). The van der Waals surface area contributed by atoms with Crippen molar-refractivity contribution in [2.45, 2.75) is 45.6 Å². The number of aliphatic hydroxyl groups excluding tert-OH is 1.